The van der Waals surface area contributed by atoms with E-state index in [2.05, 4.69) is 24.1 Å². The molecule has 0 aliphatic carbocycles. The van der Waals surface area contributed by atoms with Gasteiger partial charge in [0, 0.05) is 23.0 Å². The first-order valence-electron chi connectivity index (χ1n) is 8.58. The summed E-state index contributed by atoms with van der Waals surface area (Å²) in [6, 6.07) is 15.6. The highest BCUT2D eigenvalue weighted by Crippen LogP contribution is 2.23. The zero-order valence-electron chi connectivity index (χ0n) is 15.1. The van der Waals surface area contributed by atoms with Crippen LogP contribution in [-0.2, 0) is 0 Å². The van der Waals surface area contributed by atoms with Crippen LogP contribution in [0.5, 0.6) is 0 Å². The van der Waals surface area contributed by atoms with Gasteiger partial charge < -0.3 is 5.32 Å². The van der Waals surface area contributed by atoms with Gasteiger partial charge in [0.05, 0.1) is 0 Å². The monoisotopic (exact) mass is 348 g/mol. The maximum absolute atomic E-state index is 13.8. The smallest absolute Gasteiger partial charge is 0.255 e. The van der Waals surface area contributed by atoms with Gasteiger partial charge in [0.15, 0.2) is 0 Å². The average molecular weight is 348 g/mol. The SMILES string of the molecule is Cc1cc(NC(=O)c2ccc(-c3ncccc3F)cc2)ccc1C(C)C. The number of carbonyl (C=O) groups excluding carboxylic acids is 1. The summed E-state index contributed by atoms with van der Waals surface area (Å²) in [6.07, 6.45) is 1.54. The lowest BCUT2D eigenvalue weighted by atomic mass is 9.97. The van der Waals surface area contributed by atoms with Crippen molar-refractivity contribution in [3.8, 4) is 11.3 Å². The van der Waals surface area contributed by atoms with E-state index in [0.29, 0.717) is 17.0 Å². The number of aryl methyl sites for hydroxylation is 1. The summed E-state index contributed by atoms with van der Waals surface area (Å²) < 4.78 is 13.8. The molecule has 132 valence electrons. The lowest BCUT2D eigenvalue weighted by molar-refractivity contribution is 0.102. The van der Waals surface area contributed by atoms with E-state index in [1.807, 2.05) is 25.1 Å². The molecule has 0 aliphatic rings. The number of carbonyl (C=O) groups is 1. The van der Waals surface area contributed by atoms with Crippen LogP contribution in [0.2, 0.25) is 0 Å². The van der Waals surface area contributed by atoms with Crippen molar-refractivity contribution >= 4 is 11.6 Å². The molecule has 0 saturated carbocycles. The molecule has 0 fully saturated rings. The van der Waals surface area contributed by atoms with Gasteiger partial charge >= 0.3 is 0 Å². The number of hydrogen-bond acceptors (Lipinski definition) is 2. The third kappa shape index (κ3) is 3.80. The van der Waals surface area contributed by atoms with Crippen LogP contribution < -0.4 is 5.32 Å². The topological polar surface area (TPSA) is 42.0 Å². The maximum atomic E-state index is 13.8. The Morgan fingerprint density at radius 2 is 1.81 bits per heavy atom. The van der Waals surface area contributed by atoms with Crippen molar-refractivity contribution in [2.75, 3.05) is 5.32 Å². The fourth-order valence-corrected chi connectivity index (χ4v) is 2.98. The summed E-state index contributed by atoms with van der Waals surface area (Å²) in [5, 5.41) is 2.91. The van der Waals surface area contributed by atoms with Crippen LogP contribution in [0, 0.1) is 12.7 Å². The van der Waals surface area contributed by atoms with Crippen molar-refractivity contribution < 1.29 is 9.18 Å². The van der Waals surface area contributed by atoms with Crippen molar-refractivity contribution in [1.29, 1.82) is 0 Å². The van der Waals surface area contributed by atoms with Crippen molar-refractivity contribution in [2.45, 2.75) is 26.7 Å². The second kappa shape index (κ2) is 7.48. The summed E-state index contributed by atoms with van der Waals surface area (Å²) in [5.74, 6) is -0.139. The molecular weight excluding hydrogens is 327 g/mol. The van der Waals surface area contributed by atoms with Gasteiger partial charge in [-0.2, -0.15) is 0 Å². The first-order chi connectivity index (χ1) is 12.5. The molecule has 1 aromatic heterocycles. The molecule has 0 unspecified atom stereocenters. The van der Waals surface area contributed by atoms with E-state index in [4.69, 9.17) is 0 Å². The fraction of sp³-hybridized carbons (Fsp3) is 0.182. The summed E-state index contributed by atoms with van der Waals surface area (Å²) in [4.78, 5) is 16.5. The zero-order valence-corrected chi connectivity index (χ0v) is 15.1. The number of anilines is 1. The number of hydrogen-bond donors (Lipinski definition) is 1. The van der Waals surface area contributed by atoms with Gasteiger partial charge in [0.25, 0.3) is 5.91 Å². The first kappa shape index (κ1) is 17.8. The number of nitrogens with one attached hydrogen (secondary N) is 1. The van der Waals surface area contributed by atoms with Crippen LogP contribution in [-0.4, -0.2) is 10.9 Å². The lowest BCUT2D eigenvalue weighted by Crippen LogP contribution is -2.12. The predicted molar refractivity (Wildman–Crippen MR) is 103 cm³/mol. The molecular formula is C22H21FN2O. The minimum atomic E-state index is -0.384. The molecule has 1 heterocycles. The number of halogens is 1. The van der Waals surface area contributed by atoms with Crippen LogP contribution in [0.4, 0.5) is 10.1 Å². The highest BCUT2D eigenvalue weighted by molar-refractivity contribution is 6.04. The Labute approximate surface area is 152 Å². The quantitative estimate of drug-likeness (QED) is 0.669. The summed E-state index contributed by atoms with van der Waals surface area (Å²) in [6.45, 7) is 6.33. The summed E-state index contributed by atoms with van der Waals surface area (Å²) in [5.41, 5.74) is 4.60. The van der Waals surface area contributed by atoms with Gasteiger partial charge in [0.1, 0.15) is 11.5 Å². The molecule has 4 heteroatoms. The van der Waals surface area contributed by atoms with Crippen LogP contribution in [0.15, 0.2) is 60.8 Å². The highest BCUT2D eigenvalue weighted by atomic mass is 19.1. The molecule has 3 aromatic rings. The van der Waals surface area contributed by atoms with Crippen molar-refractivity contribution in [1.82, 2.24) is 4.98 Å². The average Bonchev–Trinajstić information content (AvgIpc) is 2.62. The molecule has 0 aliphatic heterocycles. The van der Waals surface area contributed by atoms with Gasteiger partial charge in [0.2, 0.25) is 0 Å². The van der Waals surface area contributed by atoms with E-state index in [9.17, 15) is 9.18 Å². The van der Waals surface area contributed by atoms with Crippen LogP contribution in [0.1, 0.15) is 41.3 Å². The van der Waals surface area contributed by atoms with E-state index >= 15 is 0 Å². The number of nitrogens with zero attached hydrogens (tertiary/aromatic N) is 1. The zero-order chi connectivity index (χ0) is 18.7. The molecule has 0 atom stereocenters. The number of pyridine rings is 1. The molecule has 2 aromatic carbocycles. The first-order valence-corrected chi connectivity index (χ1v) is 8.58. The Hall–Kier alpha value is -3.01. The molecule has 0 saturated heterocycles. The maximum Gasteiger partial charge on any atom is 0.255 e. The Morgan fingerprint density at radius 3 is 2.42 bits per heavy atom. The number of benzene rings is 2. The Bertz CT molecular complexity index is 933. The predicted octanol–water partition coefficient (Wildman–Crippen LogP) is 5.57. The lowest BCUT2D eigenvalue weighted by Gasteiger charge is -2.12. The minimum absolute atomic E-state index is 0.199. The molecule has 26 heavy (non-hydrogen) atoms. The molecule has 1 amide bonds. The van der Waals surface area contributed by atoms with Gasteiger partial charge in [-0.05, 0) is 60.4 Å². The second-order valence-corrected chi connectivity index (χ2v) is 6.59. The van der Waals surface area contributed by atoms with E-state index in [-0.39, 0.29) is 17.4 Å². The van der Waals surface area contributed by atoms with Crippen LogP contribution >= 0.6 is 0 Å². The molecule has 3 nitrogen and oxygen atoms in total. The summed E-state index contributed by atoms with van der Waals surface area (Å²) >= 11 is 0. The van der Waals surface area contributed by atoms with Crippen molar-refractivity contribution in [3.63, 3.8) is 0 Å². The normalized spacial score (nSPS) is 10.8. The molecule has 1 N–H and O–H groups in total. The van der Waals surface area contributed by atoms with E-state index in [0.717, 1.165) is 11.3 Å². The van der Waals surface area contributed by atoms with E-state index in [1.54, 1.807) is 36.5 Å². The molecule has 0 spiro atoms. The number of aromatic nitrogens is 1. The largest absolute Gasteiger partial charge is 0.322 e. The van der Waals surface area contributed by atoms with Gasteiger partial charge in [-0.1, -0.05) is 32.0 Å². The highest BCUT2D eigenvalue weighted by Gasteiger charge is 2.10. The van der Waals surface area contributed by atoms with Gasteiger partial charge in [-0.3, -0.25) is 9.78 Å². The Morgan fingerprint density at radius 1 is 1.08 bits per heavy atom. The van der Waals surface area contributed by atoms with Crippen LogP contribution in [0.3, 0.4) is 0 Å². The second-order valence-electron chi connectivity index (χ2n) is 6.59. The Balaban J connectivity index is 1.77. The minimum Gasteiger partial charge on any atom is -0.322 e. The number of amides is 1. The van der Waals surface area contributed by atoms with Crippen LogP contribution in [0.25, 0.3) is 11.3 Å². The molecule has 0 radical (unpaired) electrons. The van der Waals surface area contributed by atoms with Gasteiger partial charge in [-0.15, -0.1) is 0 Å². The van der Waals surface area contributed by atoms with E-state index < -0.39 is 0 Å². The van der Waals surface area contributed by atoms with Gasteiger partial charge in [-0.25, -0.2) is 4.39 Å². The molecule has 3 rings (SSSR count). The Kier molecular flexibility index (Phi) is 5.12. The van der Waals surface area contributed by atoms with Crippen molar-refractivity contribution in [3.05, 3.63) is 83.3 Å². The third-order valence-electron chi connectivity index (χ3n) is 4.33. The van der Waals surface area contributed by atoms with E-state index in [1.165, 1.54) is 11.6 Å². The third-order valence-corrected chi connectivity index (χ3v) is 4.33. The number of rotatable bonds is 4. The van der Waals surface area contributed by atoms with Crippen molar-refractivity contribution in [2.24, 2.45) is 0 Å². The molecule has 0 bridgehead atoms. The fourth-order valence-electron chi connectivity index (χ4n) is 2.98. The standard InChI is InChI=1S/C22H21FN2O/c1-14(2)19-11-10-18(13-15(19)3)25-22(26)17-8-6-16(7-9-17)21-20(23)5-4-12-24-21/h4-14H,1-3H3,(H,25,26). The summed E-state index contributed by atoms with van der Waals surface area (Å²) in [7, 11) is 0.